The third kappa shape index (κ3) is 3.03. The van der Waals surface area contributed by atoms with Gasteiger partial charge in [-0.15, -0.1) is 0 Å². The van der Waals surface area contributed by atoms with Gasteiger partial charge < -0.3 is 15.6 Å². The van der Waals surface area contributed by atoms with Crippen molar-refractivity contribution in [2.24, 2.45) is 0 Å². The highest BCUT2D eigenvalue weighted by Crippen LogP contribution is 2.10. The molecule has 0 saturated heterocycles. The maximum Gasteiger partial charge on any atom is 0.261 e. The summed E-state index contributed by atoms with van der Waals surface area (Å²) in [5.74, 6) is -0.332. The van der Waals surface area contributed by atoms with Crippen LogP contribution in [0, 0.1) is 0 Å². The van der Waals surface area contributed by atoms with Crippen LogP contribution in [0.5, 0.6) is 0 Å². The molecule has 0 atom stereocenters. The summed E-state index contributed by atoms with van der Waals surface area (Å²) >= 11 is 0. The second-order valence-corrected chi connectivity index (χ2v) is 5.10. The Labute approximate surface area is 122 Å². The summed E-state index contributed by atoms with van der Waals surface area (Å²) in [5, 5.41) is 6.89. The first kappa shape index (κ1) is 13.6. The van der Waals surface area contributed by atoms with Crippen LogP contribution >= 0.6 is 0 Å². The molecule has 0 aliphatic carbocycles. The molecule has 0 fully saturated rings. The van der Waals surface area contributed by atoms with Crippen LogP contribution in [0.3, 0.4) is 0 Å². The number of rotatable bonds is 3. The summed E-state index contributed by atoms with van der Waals surface area (Å²) in [4.78, 5) is 26.9. The summed E-state index contributed by atoms with van der Waals surface area (Å²) < 4.78 is 0. The molecule has 0 saturated carbocycles. The number of amides is 1. The van der Waals surface area contributed by atoms with Crippen LogP contribution in [-0.2, 0) is 0 Å². The van der Waals surface area contributed by atoms with Crippen molar-refractivity contribution < 1.29 is 4.79 Å². The Morgan fingerprint density at radius 1 is 1.29 bits per heavy atom. The highest BCUT2D eigenvalue weighted by Gasteiger charge is 2.12. The van der Waals surface area contributed by atoms with Crippen LogP contribution in [0.1, 0.15) is 16.8 Å². The van der Waals surface area contributed by atoms with E-state index in [1.165, 1.54) is 5.57 Å². The van der Waals surface area contributed by atoms with E-state index in [4.69, 9.17) is 0 Å². The molecule has 1 aliphatic rings. The molecule has 1 aliphatic heterocycles. The predicted octanol–water partition coefficient (Wildman–Crippen LogP) is 1.18. The Bertz CT molecular complexity index is 761. The Morgan fingerprint density at radius 2 is 2.14 bits per heavy atom. The maximum absolute atomic E-state index is 12.2. The normalized spacial score (nSPS) is 14.8. The third-order valence-electron chi connectivity index (χ3n) is 3.63. The predicted molar refractivity (Wildman–Crippen MR) is 82.5 cm³/mol. The van der Waals surface area contributed by atoms with E-state index in [1.54, 1.807) is 6.07 Å². The molecule has 1 aromatic carbocycles. The van der Waals surface area contributed by atoms with Gasteiger partial charge in [-0.1, -0.05) is 29.8 Å². The number of aromatic amines is 1. The summed E-state index contributed by atoms with van der Waals surface area (Å²) in [5.41, 5.74) is 1.73. The number of H-pyrrole nitrogens is 1. The zero-order chi connectivity index (χ0) is 14.7. The first-order valence-electron chi connectivity index (χ1n) is 7.03. The summed E-state index contributed by atoms with van der Waals surface area (Å²) in [6, 6.07) is 9.06. The number of para-hydroxylation sites is 1. The van der Waals surface area contributed by atoms with Crippen LogP contribution in [0.25, 0.3) is 10.9 Å². The van der Waals surface area contributed by atoms with Gasteiger partial charge in [0.1, 0.15) is 5.56 Å². The fourth-order valence-electron chi connectivity index (χ4n) is 2.44. The van der Waals surface area contributed by atoms with Gasteiger partial charge in [-0.25, -0.2) is 0 Å². The van der Waals surface area contributed by atoms with E-state index in [2.05, 4.69) is 21.7 Å². The number of carbonyl (C=O) groups is 1. The van der Waals surface area contributed by atoms with Gasteiger partial charge in [0.15, 0.2) is 0 Å². The van der Waals surface area contributed by atoms with Gasteiger partial charge in [0, 0.05) is 18.6 Å². The largest absolute Gasteiger partial charge is 0.348 e. The molecular formula is C16H17N3O2. The van der Waals surface area contributed by atoms with Gasteiger partial charge in [0.05, 0.1) is 0 Å². The van der Waals surface area contributed by atoms with E-state index in [0.717, 1.165) is 30.4 Å². The van der Waals surface area contributed by atoms with Gasteiger partial charge in [0.2, 0.25) is 0 Å². The van der Waals surface area contributed by atoms with Crippen molar-refractivity contribution in [3.63, 3.8) is 0 Å². The zero-order valence-electron chi connectivity index (χ0n) is 11.6. The number of hydrogen-bond donors (Lipinski definition) is 3. The molecule has 0 spiro atoms. The lowest BCUT2D eigenvalue weighted by molar-refractivity contribution is 0.0955. The number of hydrogen-bond acceptors (Lipinski definition) is 3. The van der Waals surface area contributed by atoms with Crippen molar-refractivity contribution >= 4 is 16.8 Å². The minimum absolute atomic E-state index is 0.156. The van der Waals surface area contributed by atoms with Crippen LogP contribution < -0.4 is 16.2 Å². The van der Waals surface area contributed by atoms with Crippen molar-refractivity contribution in [3.05, 3.63) is 57.9 Å². The Hall–Kier alpha value is -2.40. The molecule has 1 amide bonds. The van der Waals surface area contributed by atoms with E-state index < -0.39 is 0 Å². The number of nitrogens with one attached hydrogen (secondary N) is 3. The lowest BCUT2D eigenvalue weighted by atomic mass is 10.1. The molecule has 3 N–H and O–H groups in total. The lowest BCUT2D eigenvalue weighted by Crippen LogP contribution is -2.32. The smallest absolute Gasteiger partial charge is 0.261 e. The average Bonchev–Trinajstić information content (AvgIpc) is 2.53. The molecule has 5 heteroatoms. The van der Waals surface area contributed by atoms with E-state index in [-0.39, 0.29) is 17.0 Å². The van der Waals surface area contributed by atoms with Crippen LogP contribution in [-0.4, -0.2) is 30.5 Å². The Balaban J connectivity index is 1.79. The molecule has 21 heavy (non-hydrogen) atoms. The molecule has 5 nitrogen and oxygen atoms in total. The van der Waals surface area contributed by atoms with Crippen molar-refractivity contribution in [2.75, 3.05) is 19.6 Å². The van der Waals surface area contributed by atoms with Crippen molar-refractivity contribution in [2.45, 2.75) is 6.42 Å². The van der Waals surface area contributed by atoms with Gasteiger partial charge in [-0.2, -0.15) is 0 Å². The van der Waals surface area contributed by atoms with Crippen molar-refractivity contribution in [1.82, 2.24) is 15.6 Å². The first-order chi connectivity index (χ1) is 10.2. The second-order valence-electron chi connectivity index (χ2n) is 5.10. The first-order valence-corrected chi connectivity index (χ1v) is 7.03. The van der Waals surface area contributed by atoms with Crippen LogP contribution in [0.4, 0.5) is 0 Å². The fraction of sp³-hybridized carbons (Fsp3) is 0.250. The summed E-state index contributed by atoms with van der Waals surface area (Å²) in [7, 11) is 0. The van der Waals surface area contributed by atoms with E-state index in [1.807, 2.05) is 24.3 Å². The van der Waals surface area contributed by atoms with Crippen LogP contribution in [0.2, 0.25) is 0 Å². The van der Waals surface area contributed by atoms with Crippen LogP contribution in [0.15, 0.2) is 46.8 Å². The molecule has 0 bridgehead atoms. The molecule has 2 heterocycles. The minimum atomic E-state index is -0.356. The topological polar surface area (TPSA) is 74.0 Å². The summed E-state index contributed by atoms with van der Waals surface area (Å²) in [6.07, 6.45) is 3.00. The van der Waals surface area contributed by atoms with Crippen molar-refractivity contribution in [1.29, 1.82) is 0 Å². The molecule has 0 radical (unpaired) electrons. The molecule has 3 rings (SSSR count). The minimum Gasteiger partial charge on any atom is -0.348 e. The number of aromatic nitrogens is 1. The number of benzene rings is 1. The molecule has 1 aromatic heterocycles. The SMILES string of the molecule is O=C(NCC1=CCNCC1)c1cc2ccccc2[nH]c1=O. The van der Waals surface area contributed by atoms with Gasteiger partial charge in [-0.3, -0.25) is 9.59 Å². The molecule has 0 unspecified atom stereocenters. The van der Waals surface area contributed by atoms with E-state index >= 15 is 0 Å². The van der Waals surface area contributed by atoms with Gasteiger partial charge >= 0.3 is 0 Å². The third-order valence-corrected chi connectivity index (χ3v) is 3.63. The highest BCUT2D eigenvalue weighted by molar-refractivity contribution is 5.97. The van der Waals surface area contributed by atoms with Gasteiger partial charge in [0.25, 0.3) is 11.5 Å². The quantitative estimate of drug-likeness (QED) is 0.740. The average molecular weight is 283 g/mol. The fourth-order valence-corrected chi connectivity index (χ4v) is 2.44. The maximum atomic E-state index is 12.2. The highest BCUT2D eigenvalue weighted by atomic mass is 16.2. The monoisotopic (exact) mass is 283 g/mol. The van der Waals surface area contributed by atoms with Gasteiger partial charge in [-0.05, 0) is 30.5 Å². The Kier molecular flexibility index (Phi) is 3.83. The number of carbonyl (C=O) groups excluding carboxylic acids is 1. The Morgan fingerprint density at radius 3 is 2.95 bits per heavy atom. The van der Waals surface area contributed by atoms with E-state index in [0.29, 0.717) is 6.54 Å². The van der Waals surface area contributed by atoms with Crippen molar-refractivity contribution in [3.8, 4) is 0 Å². The summed E-state index contributed by atoms with van der Waals surface area (Å²) in [6.45, 7) is 2.26. The molecule has 2 aromatic rings. The lowest BCUT2D eigenvalue weighted by Gasteiger charge is -2.14. The molecule has 108 valence electrons. The number of fused-ring (bicyclic) bond motifs is 1. The standard InChI is InChI=1S/C16H17N3O2/c20-15(18-10-11-5-7-17-8-6-11)13-9-12-3-1-2-4-14(12)19-16(13)21/h1-5,9,17H,6-8,10H2,(H,18,20)(H,19,21). The number of pyridine rings is 1. The molecular weight excluding hydrogens is 266 g/mol. The zero-order valence-corrected chi connectivity index (χ0v) is 11.6. The van der Waals surface area contributed by atoms with E-state index in [9.17, 15) is 9.59 Å². The second kappa shape index (κ2) is 5.93.